The Balaban J connectivity index is 2.49. The molecule has 0 bridgehead atoms. The van der Waals surface area contributed by atoms with Gasteiger partial charge in [-0.1, -0.05) is 25.7 Å². The zero-order valence-electron chi connectivity index (χ0n) is 12.9. The van der Waals surface area contributed by atoms with Crippen LogP contribution in [0.15, 0.2) is 18.2 Å². The van der Waals surface area contributed by atoms with Crippen molar-refractivity contribution in [2.24, 2.45) is 5.92 Å². The molecule has 0 heterocycles. The Hall–Kier alpha value is -1.83. The van der Waals surface area contributed by atoms with E-state index in [1.807, 2.05) is 6.92 Å². The van der Waals surface area contributed by atoms with Crippen molar-refractivity contribution in [2.75, 3.05) is 26.4 Å². The van der Waals surface area contributed by atoms with Crippen molar-refractivity contribution >= 4 is 5.91 Å². The molecule has 21 heavy (non-hydrogen) atoms. The van der Waals surface area contributed by atoms with Gasteiger partial charge in [-0.3, -0.25) is 4.79 Å². The first-order chi connectivity index (χ1) is 10.0. The number of carbonyl (C=O) groups excluding carboxylic acids is 1. The molecule has 0 aliphatic rings. The summed E-state index contributed by atoms with van der Waals surface area (Å²) < 4.78 is 5.41. The predicted octanol–water partition coefficient (Wildman–Crippen LogP) is 1.74. The van der Waals surface area contributed by atoms with Crippen LogP contribution in [0.4, 0.5) is 0 Å². The average molecular weight is 289 g/mol. The average Bonchev–Trinajstić information content (AvgIpc) is 2.45. The lowest BCUT2D eigenvalue weighted by Crippen LogP contribution is -2.27. The van der Waals surface area contributed by atoms with E-state index in [0.717, 1.165) is 11.1 Å². The van der Waals surface area contributed by atoms with Crippen LogP contribution >= 0.6 is 0 Å². The molecule has 2 N–H and O–H groups in total. The van der Waals surface area contributed by atoms with E-state index in [1.165, 1.54) is 0 Å². The summed E-state index contributed by atoms with van der Waals surface area (Å²) >= 11 is 0. The third-order valence-electron chi connectivity index (χ3n) is 2.77. The highest BCUT2D eigenvalue weighted by atomic mass is 16.5. The van der Waals surface area contributed by atoms with E-state index in [1.54, 1.807) is 18.2 Å². The fourth-order valence-corrected chi connectivity index (χ4v) is 1.74. The van der Waals surface area contributed by atoms with Gasteiger partial charge in [-0.15, -0.1) is 0 Å². The molecule has 0 aliphatic carbocycles. The van der Waals surface area contributed by atoms with E-state index >= 15 is 0 Å². The lowest BCUT2D eigenvalue weighted by atomic mass is 10.0. The first-order valence-electron chi connectivity index (χ1n) is 7.11. The second-order valence-electron chi connectivity index (χ2n) is 5.21. The third-order valence-corrected chi connectivity index (χ3v) is 2.77. The molecule has 0 unspecified atom stereocenters. The molecule has 0 saturated carbocycles. The zero-order valence-corrected chi connectivity index (χ0v) is 12.9. The van der Waals surface area contributed by atoms with E-state index in [4.69, 9.17) is 9.84 Å². The molecule has 1 aromatic rings. The molecule has 0 saturated heterocycles. The van der Waals surface area contributed by atoms with Gasteiger partial charge in [0.15, 0.2) is 0 Å². The van der Waals surface area contributed by atoms with E-state index in [9.17, 15) is 4.79 Å². The Bertz CT molecular complexity index is 527. The first-order valence-corrected chi connectivity index (χ1v) is 7.11. The van der Waals surface area contributed by atoms with Crippen LogP contribution in [0.3, 0.4) is 0 Å². The predicted molar refractivity (Wildman–Crippen MR) is 83.1 cm³/mol. The number of aliphatic hydroxyl groups excluding tert-OH is 1. The number of aliphatic hydroxyl groups is 1. The first kappa shape index (κ1) is 17.2. The van der Waals surface area contributed by atoms with Crippen LogP contribution in [0, 0.1) is 24.7 Å². The van der Waals surface area contributed by atoms with Gasteiger partial charge in [0.2, 0.25) is 0 Å². The monoisotopic (exact) mass is 289 g/mol. The summed E-state index contributed by atoms with van der Waals surface area (Å²) in [5.74, 6) is 5.83. The van der Waals surface area contributed by atoms with Crippen LogP contribution in [0.5, 0.6) is 0 Å². The fraction of sp³-hybridized carbons (Fsp3) is 0.471. The number of nitrogens with one attached hydrogen (secondary N) is 1. The summed E-state index contributed by atoms with van der Waals surface area (Å²) in [6.07, 6.45) is 0. The quantitative estimate of drug-likeness (QED) is 0.619. The number of hydrogen-bond donors (Lipinski definition) is 2. The summed E-state index contributed by atoms with van der Waals surface area (Å²) in [6.45, 7) is 7.61. The molecule has 0 aliphatic heterocycles. The normalized spacial score (nSPS) is 10.1. The van der Waals surface area contributed by atoms with E-state index < -0.39 is 0 Å². The second kappa shape index (κ2) is 9.17. The Morgan fingerprint density at radius 3 is 2.81 bits per heavy atom. The maximum absolute atomic E-state index is 12.0. The lowest BCUT2D eigenvalue weighted by Gasteiger charge is -2.09. The van der Waals surface area contributed by atoms with Gasteiger partial charge in [0.25, 0.3) is 5.91 Å². The molecule has 1 amide bonds. The SMILES string of the molecule is Cc1cc(C(=O)NCCOCC(C)C)ccc1C#CCO. The van der Waals surface area contributed by atoms with Crippen LogP contribution in [0.25, 0.3) is 0 Å². The van der Waals surface area contributed by atoms with Gasteiger partial charge in [-0.05, 0) is 36.6 Å². The summed E-state index contributed by atoms with van der Waals surface area (Å²) in [5.41, 5.74) is 2.34. The van der Waals surface area contributed by atoms with Gasteiger partial charge in [0, 0.05) is 24.3 Å². The Kier molecular flexibility index (Phi) is 7.52. The van der Waals surface area contributed by atoms with E-state index in [2.05, 4.69) is 31.0 Å². The molecule has 0 radical (unpaired) electrons. The summed E-state index contributed by atoms with van der Waals surface area (Å²) in [4.78, 5) is 12.0. The number of rotatable bonds is 6. The van der Waals surface area contributed by atoms with Crippen molar-refractivity contribution in [3.05, 3.63) is 34.9 Å². The largest absolute Gasteiger partial charge is 0.384 e. The fourth-order valence-electron chi connectivity index (χ4n) is 1.74. The highest BCUT2D eigenvalue weighted by Crippen LogP contribution is 2.10. The summed E-state index contributed by atoms with van der Waals surface area (Å²) in [6, 6.07) is 5.33. The number of aryl methyl sites for hydroxylation is 1. The van der Waals surface area contributed by atoms with Gasteiger partial charge in [-0.2, -0.15) is 0 Å². The minimum atomic E-state index is -0.169. The zero-order chi connectivity index (χ0) is 15.7. The summed E-state index contributed by atoms with van der Waals surface area (Å²) in [5, 5.41) is 11.5. The lowest BCUT2D eigenvalue weighted by molar-refractivity contribution is 0.0886. The van der Waals surface area contributed by atoms with Gasteiger partial charge in [0.05, 0.1) is 6.61 Å². The molecule has 4 heteroatoms. The van der Waals surface area contributed by atoms with Crippen molar-refractivity contribution in [1.29, 1.82) is 0 Å². The number of carbonyl (C=O) groups is 1. The van der Waals surface area contributed by atoms with Crippen molar-refractivity contribution in [3.8, 4) is 11.8 Å². The second-order valence-corrected chi connectivity index (χ2v) is 5.21. The number of benzene rings is 1. The maximum Gasteiger partial charge on any atom is 0.251 e. The van der Waals surface area contributed by atoms with Crippen LogP contribution < -0.4 is 5.32 Å². The van der Waals surface area contributed by atoms with Crippen molar-refractivity contribution < 1.29 is 14.6 Å². The summed E-state index contributed by atoms with van der Waals surface area (Å²) in [7, 11) is 0. The molecule has 114 valence electrons. The maximum atomic E-state index is 12.0. The van der Waals surface area contributed by atoms with Crippen molar-refractivity contribution in [3.63, 3.8) is 0 Å². The molecular formula is C17H23NO3. The Morgan fingerprint density at radius 2 is 2.19 bits per heavy atom. The molecule has 1 aromatic carbocycles. The van der Waals surface area contributed by atoms with Crippen LogP contribution in [0.1, 0.15) is 35.3 Å². The smallest absolute Gasteiger partial charge is 0.251 e. The molecule has 0 aromatic heterocycles. The third kappa shape index (κ3) is 6.44. The van der Waals surface area contributed by atoms with Crippen LogP contribution in [0.2, 0.25) is 0 Å². The number of hydrogen-bond acceptors (Lipinski definition) is 3. The number of ether oxygens (including phenoxy) is 1. The molecule has 0 fully saturated rings. The Labute approximate surface area is 126 Å². The minimum absolute atomic E-state index is 0.118. The van der Waals surface area contributed by atoms with Gasteiger partial charge >= 0.3 is 0 Å². The molecule has 1 rings (SSSR count). The molecule has 0 atom stereocenters. The minimum Gasteiger partial charge on any atom is -0.384 e. The van der Waals surface area contributed by atoms with E-state index in [0.29, 0.717) is 31.2 Å². The van der Waals surface area contributed by atoms with Gasteiger partial charge in [0.1, 0.15) is 6.61 Å². The van der Waals surface area contributed by atoms with Crippen molar-refractivity contribution in [2.45, 2.75) is 20.8 Å². The molecule has 4 nitrogen and oxygen atoms in total. The molecule has 0 spiro atoms. The van der Waals surface area contributed by atoms with Gasteiger partial charge < -0.3 is 15.2 Å². The van der Waals surface area contributed by atoms with Crippen LogP contribution in [-0.2, 0) is 4.74 Å². The molecular weight excluding hydrogens is 266 g/mol. The van der Waals surface area contributed by atoms with Crippen LogP contribution in [-0.4, -0.2) is 37.4 Å². The van der Waals surface area contributed by atoms with Gasteiger partial charge in [-0.25, -0.2) is 0 Å². The van der Waals surface area contributed by atoms with E-state index in [-0.39, 0.29) is 12.5 Å². The number of amides is 1. The highest BCUT2D eigenvalue weighted by Gasteiger charge is 2.06. The highest BCUT2D eigenvalue weighted by molar-refractivity contribution is 5.94. The standard InChI is InChI=1S/C17H23NO3/c1-13(2)12-21-10-8-18-17(20)16-7-6-15(5-4-9-19)14(3)11-16/h6-7,11,13,19H,8-10,12H2,1-3H3,(H,18,20). The topological polar surface area (TPSA) is 58.6 Å². The van der Waals surface area contributed by atoms with Crippen molar-refractivity contribution in [1.82, 2.24) is 5.32 Å². The Morgan fingerprint density at radius 1 is 1.43 bits per heavy atom.